The van der Waals surface area contributed by atoms with Crippen LogP contribution in [0.1, 0.15) is 6.42 Å². The minimum atomic E-state index is 0.327. The molecule has 0 fully saturated rings. The third-order valence-corrected chi connectivity index (χ3v) is 2.66. The summed E-state index contributed by atoms with van der Waals surface area (Å²) < 4.78 is 9.95. The van der Waals surface area contributed by atoms with E-state index in [0.29, 0.717) is 17.1 Å². The van der Waals surface area contributed by atoms with Gasteiger partial charge in [-0.15, -0.1) is 0 Å². The normalized spacial score (nSPS) is 10.2. The Bertz CT molecular complexity index is 302. The van der Waals surface area contributed by atoms with Crippen LogP contribution in [0.25, 0.3) is 0 Å². The van der Waals surface area contributed by atoms with E-state index in [1.807, 2.05) is 0 Å². The summed E-state index contributed by atoms with van der Waals surface area (Å²) in [6.07, 6.45) is 0.962. The highest BCUT2D eigenvalue weighted by molar-refractivity contribution is 7.99. The largest absolute Gasteiger partial charge is 0.467 e. The van der Waals surface area contributed by atoms with Gasteiger partial charge < -0.3 is 14.8 Å². The molecule has 0 atom stereocenters. The van der Waals surface area contributed by atoms with Crippen LogP contribution in [0.4, 0.5) is 5.95 Å². The van der Waals surface area contributed by atoms with Gasteiger partial charge in [0.25, 0.3) is 0 Å². The molecule has 6 nitrogen and oxygen atoms in total. The van der Waals surface area contributed by atoms with Crippen LogP contribution in [0.3, 0.4) is 0 Å². The molecule has 0 unspecified atom stereocenters. The molecule has 0 aliphatic carbocycles. The number of nitrogens with one attached hydrogen (secondary N) is 1. The van der Waals surface area contributed by atoms with E-state index >= 15 is 0 Å². The lowest BCUT2D eigenvalue weighted by atomic mass is 10.5. The van der Waals surface area contributed by atoms with Gasteiger partial charge in [-0.2, -0.15) is 15.0 Å². The number of aromatic nitrogens is 3. The third kappa shape index (κ3) is 4.19. The first-order chi connectivity index (χ1) is 7.80. The summed E-state index contributed by atoms with van der Waals surface area (Å²) in [5.74, 6) is 1.42. The van der Waals surface area contributed by atoms with Crippen LogP contribution in [0.5, 0.6) is 6.01 Å². The molecule has 1 aromatic rings. The van der Waals surface area contributed by atoms with Gasteiger partial charge in [0.2, 0.25) is 5.95 Å². The van der Waals surface area contributed by atoms with Crippen molar-refractivity contribution in [3.8, 4) is 6.01 Å². The monoisotopic (exact) mass is 244 g/mol. The second-order valence-electron chi connectivity index (χ2n) is 2.87. The molecule has 1 rings (SSSR count). The van der Waals surface area contributed by atoms with Crippen LogP contribution < -0.4 is 10.1 Å². The molecular formula is C9H16N4O2S. The summed E-state index contributed by atoms with van der Waals surface area (Å²) in [6, 6.07) is 0.327. The van der Waals surface area contributed by atoms with E-state index in [0.717, 1.165) is 18.8 Å². The van der Waals surface area contributed by atoms with Crippen molar-refractivity contribution in [3.05, 3.63) is 0 Å². The minimum absolute atomic E-state index is 0.327. The molecular weight excluding hydrogens is 228 g/mol. The molecule has 1 heterocycles. The fourth-order valence-electron chi connectivity index (χ4n) is 0.972. The Morgan fingerprint density at radius 3 is 2.69 bits per heavy atom. The lowest BCUT2D eigenvalue weighted by molar-refractivity contribution is 0.200. The average Bonchev–Trinajstić information content (AvgIpc) is 2.34. The summed E-state index contributed by atoms with van der Waals surface area (Å²) in [5, 5.41) is 3.52. The highest BCUT2D eigenvalue weighted by Gasteiger charge is 2.05. The molecule has 0 radical (unpaired) electrons. The van der Waals surface area contributed by atoms with E-state index in [1.54, 1.807) is 25.9 Å². The Balaban J connectivity index is 2.57. The topological polar surface area (TPSA) is 69.2 Å². The van der Waals surface area contributed by atoms with E-state index in [4.69, 9.17) is 9.47 Å². The predicted octanol–water partition coefficient (Wildman–Crippen LogP) is 1.05. The zero-order valence-electron chi connectivity index (χ0n) is 9.69. The lowest BCUT2D eigenvalue weighted by Gasteiger charge is -2.04. The molecule has 0 spiro atoms. The molecule has 0 amide bonds. The first-order valence-electron chi connectivity index (χ1n) is 4.89. The number of ether oxygens (including phenoxy) is 2. The number of hydrogen-bond donors (Lipinski definition) is 1. The predicted molar refractivity (Wildman–Crippen MR) is 63.1 cm³/mol. The molecule has 90 valence electrons. The molecule has 1 aromatic heterocycles. The van der Waals surface area contributed by atoms with Crippen LogP contribution in [-0.4, -0.2) is 48.6 Å². The smallest absolute Gasteiger partial charge is 0.321 e. The molecule has 0 aromatic carbocycles. The summed E-state index contributed by atoms with van der Waals surface area (Å²) >= 11 is 1.56. The number of rotatable bonds is 7. The zero-order valence-corrected chi connectivity index (χ0v) is 10.5. The van der Waals surface area contributed by atoms with Crippen molar-refractivity contribution in [1.29, 1.82) is 0 Å². The Labute approximate surface area is 99.2 Å². The SMILES string of the molecule is CNc1nc(OC)nc(SCCCOC)n1. The second-order valence-corrected chi connectivity index (χ2v) is 3.94. The number of nitrogens with zero attached hydrogens (tertiary/aromatic N) is 3. The molecule has 7 heteroatoms. The van der Waals surface area contributed by atoms with Crippen molar-refractivity contribution in [2.24, 2.45) is 0 Å². The second kappa shape index (κ2) is 7.24. The van der Waals surface area contributed by atoms with Crippen molar-refractivity contribution in [2.45, 2.75) is 11.6 Å². The maximum absolute atomic E-state index is 4.98. The highest BCUT2D eigenvalue weighted by Crippen LogP contribution is 2.17. The van der Waals surface area contributed by atoms with Crippen LogP contribution in [0.15, 0.2) is 5.16 Å². The van der Waals surface area contributed by atoms with E-state index in [-0.39, 0.29) is 0 Å². The Kier molecular flexibility index (Phi) is 5.87. The summed E-state index contributed by atoms with van der Waals surface area (Å²) in [7, 11) is 4.98. The molecule has 0 bridgehead atoms. The Hall–Kier alpha value is -1.08. The van der Waals surface area contributed by atoms with Crippen LogP contribution in [0.2, 0.25) is 0 Å². The zero-order chi connectivity index (χ0) is 11.8. The number of anilines is 1. The number of methoxy groups -OCH3 is 2. The fraction of sp³-hybridized carbons (Fsp3) is 0.667. The first-order valence-corrected chi connectivity index (χ1v) is 5.88. The summed E-state index contributed by atoms with van der Waals surface area (Å²) in [5.41, 5.74) is 0. The molecule has 16 heavy (non-hydrogen) atoms. The van der Waals surface area contributed by atoms with Crippen LogP contribution in [-0.2, 0) is 4.74 Å². The van der Waals surface area contributed by atoms with Crippen LogP contribution >= 0.6 is 11.8 Å². The minimum Gasteiger partial charge on any atom is -0.467 e. The van der Waals surface area contributed by atoms with Crippen molar-refractivity contribution >= 4 is 17.7 Å². The average molecular weight is 244 g/mol. The summed E-state index contributed by atoms with van der Waals surface area (Å²) in [6.45, 7) is 0.744. The van der Waals surface area contributed by atoms with E-state index in [1.165, 1.54) is 7.11 Å². The highest BCUT2D eigenvalue weighted by atomic mass is 32.2. The quantitative estimate of drug-likeness (QED) is 0.568. The standard InChI is InChI=1S/C9H16N4O2S/c1-10-7-11-8(15-3)13-9(12-7)16-6-4-5-14-2/h4-6H2,1-3H3,(H,10,11,12,13). The van der Waals surface area contributed by atoms with Gasteiger partial charge in [0, 0.05) is 26.5 Å². The van der Waals surface area contributed by atoms with Crippen molar-refractivity contribution in [3.63, 3.8) is 0 Å². The molecule has 1 N–H and O–H groups in total. The van der Waals surface area contributed by atoms with Gasteiger partial charge in [-0.3, -0.25) is 0 Å². The molecule has 0 aliphatic heterocycles. The summed E-state index contributed by atoms with van der Waals surface area (Å²) in [4.78, 5) is 12.4. The first kappa shape index (κ1) is 13.0. The number of hydrogen-bond acceptors (Lipinski definition) is 7. The molecule has 0 saturated heterocycles. The fourth-order valence-corrected chi connectivity index (χ4v) is 1.71. The van der Waals surface area contributed by atoms with Gasteiger partial charge in [-0.1, -0.05) is 11.8 Å². The lowest BCUT2D eigenvalue weighted by Crippen LogP contribution is -2.03. The van der Waals surface area contributed by atoms with Gasteiger partial charge >= 0.3 is 6.01 Å². The van der Waals surface area contributed by atoms with Crippen LogP contribution in [0, 0.1) is 0 Å². The molecule has 0 saturated carbocycles. The maximum Gasteiger partial charge on any atom is 0.321 e. The van der Waals surface area contributed by atoms with E-state index < -0.39 is 0 Å². The van der Waals surface area contributed by atoms with Gasteiger partial charge in [0.1, 0.15) is 0 Å². The number of thioether (sulfide) groups is 1. The van der Waals surface area contributed by atoms with E-state index in [9.17, 15) is 0 Å². The van der Waals surface area contributed by atoms with Crippen molar-refractivity contribution in [2.75, 3.05) is 38.9 Å². The van der Waals surface area contributed by atoms with Gasteiger partial charge in [-0.25, -0.2) is 0 Å². The molecule has 0 aliphatic rings. The Morgan fingerprint density at radius 2 is 2.06 bits per heavy atom. The van der Waals surface area contributed by atoms with Crippen molar-refractivity contribution in [1.82, 2.24) is 15.0 Å². The van der Waals surface area contributed by atoms with Gasteiger partial charge in [0.15, 0.2) is 5.16 Å². The Morgan fingerprint density at radius 1 is 1.25 bits per heavy atom. The third-order valence-electron chi connectivity index (χ3n) is 1.72. The van der Waals surface area contributed by atoms with Crippen molar-refractivity contribution < 1.29 is 9.47 Å². The van der Waals surface area contributed by atoms with Gasteiger partial charge in [0.05, 0.1) is 7.11 Å². The van der Waals surface area contributed by atoms with Gasteiger partial charge in [-0.05, 0) is 6.42 Å². The maximum atomic E-state index is 4.98. The van der Waals surface area contributed by atoms with E-state index in [2.05, 4.69) is 20.3 Å².